The Morgan fingerprint density at radius 2 is 2.18 bits per heavy atom. The van der Waals surface area contributed by atoms with Crippen molar-refractivity contribution in [3.63, 3.8) is 0 Å². The summed E-state index contributed by atoms with van der Waals surface area (Å²) in [7, 11) is 0. The lowest BCUT2D eigenvalue weighted by Crippen LogP contribution is -2.26. The number of aromatic amines is 1. The molecule has 1 unspecified atom stereocenters. The summed E-state index contributed by atoms with van der Waals surface area (Å²) in [6.45, 7) is 7.78. The second-order valence-corrected chi connectivity index (χ2v) is 6.39. The molecule has 2 N–H and O–H groups in total. The van der Waals surface area contributed by atoms with E-state index in [0.717, 1.165) is 35.3 Å². The molecule has 0 spiro atoms. The standard InChI is InChI=1S/C17H23ClN4/c1-2-22-8-7-13(12-22)9-19-10-15-11-20-21-17(15)14-3-5-16(18)6-4-14/h3-6,11,13,19H,2,7-10,12H2,1H3,(H,20,21). The fourth-order valence-electron chi connectivity index (χ4n) is 3.09. The van der Waals surface area contributed by atoms with Gasteiger partial charge < -0.3 is 10.2 Å². The summed E-state index contributed by atoms with van der Waals surface area (Å²) in [4.78, 5) is 2.52. The maximum Gasteiger partial charge on any atom is 0.0695 e. The molecule has 1 aromatic carbocycles. The topological polar surface area (TPSA) is 44.0 Å². The Bertz CT molecular complexity index is 593. The van der Waals surface area contributed by atoms with Crippen molar-refractivity contribution in [1.29, 1.82) is 0 Å². The molecule has 118 valence electrons. The smallest absolute Gasteiger partial charge is 0.0695 e. The average Bonchev–Trinajstić information content (AvgIpc) is 3.17. The van der Waals surface area contributed by atoms with E-state index in [9.17, 15) is 0 Å². The number of aromatic nitrogens is 2. The maximum absolute atomic E-state index is 5.95. The van der Waals surface area contributed by atoms with Crippen molar-refractivity contribution in [2.45, 2.75) is 19.9 Å². The zero-order valence-corrected chi connectivity index (χ0v) is 13.7. The minimum absolute atomic E-state index is 0.754. The van der Waals surface area contributed by atoms with E-state index in [1.165, 1.54) is 31.6 Å². The van der Waals surface area contributed by atoms with Gasteiger partial charge in [-0.1, -0.05) is 30.7 Å². The van der Waals surface area contributed by atoms with Crippen molar-refractivity contribution in [2.75, 3.05) is 26.2 Å². The number of hydrogen-bond acceptors (Lipinski definition) is 3. The van der Waals surface area contributed by atoms with E-state index in [1.807, 2.05) is 30.5 Å². The molecule has 1 fully saturated rings. The normalized spacial score (nSPS) is 18.9. The molecule has 0 bridgehead atoms. The van der Waals surface area contributed by atoms with Crippen molar-refractivity contribution in [2.24, 2.45) is 5.92 Å². The Hall–Kier alpha value is -1.36. The van der Waals surface area contributed by atoms with Gasteiger partial charge in [0.25, 0.3) is 0 Å². The van der Waals surface area contributed by atoms with Gasteiger partial charge in [-0.2, -0.15) is 5.10 Å². The van der Waals surface area contributed by atoms with Crippen LogP contribution in [0.2, 0.25) is 5.02 Å². The number of hydrogen-bond donors (Lipinski definition) is 2. The molecule has 22 heavy (non-hydrogen) atoms. The van der Waals surface area contributed by atoms with Gasteiger partial charge in [-0.25, -0.2) is 0 Å². The second kappa shape index (κ2) is 7.27. The Balaban J connectivity index is 1.55. The maximum atomic E-state index is 5.95. The largest absolute Gasteiger partial charge is 0.312 e. The van der Waals surface area contributed by atoms with Crippen molar-refractivity contribution in [3.05, 3.63) is 41.0 Å². The van der Waals surface area contributed by atoms with Gasteiger partial charge in [-0.3, -0.25) is 5.10 Å². The molecule has 0 aliphatic carbocycles. The number of likely N-dealkylation sites (tertiary alicyclic amines) is 1. The summed E-state index contributed by atoms with van der Waals surface area (Å²) in [5.41, 5.74) is 3.40. The highest BCUT2D eigenvalue weighted by Crippen LogP contribution is 2.23. The van der Waals surface area contributed by atoms with Gasteiger partial charge in [-0.15, -0.1) is 0 Å². The molecular formula is C17H23ClN4. The Labute approximate surface area is 136 Å². The Kier molecular flexibility index (Phi) is 5.13. The monoisotopic (exact) mass is 318 g/mol. The minimum Gasteiger partial charge on any atom is -0.312 e. The fourth-order valence-corrected chi connectivity index (χ4v) is 3.22. The van der Waals surface area contributed by atoms with Gasteiger partial charge in [0.2, 0.25) is 0 Å². The van der Waals surface area contributed by atoms with Crippen molar-refractivity contribution < 1.29 is 0 Å². The molecule has 1 atom stereocenters. The highest BCUT2D eigenvalue weighted by Gasteiger charge is 2.20. The van der Waals surface area contributed by atoms with Gasteiger partial charge >= 0.3 is 0 Å². The predicted molar refractivity (Wildman–Crippen MR) is 91.0 cm³/mol. The van der Waals surface area contributed by atoms with Crippen LogP contribution in [-0.4, -0.2) is 41.3 Å². The highest BCUT2D eigenvalue weighted by molar-refractivity contribution is 6.30. The van der Waals surface area contributed by atoms with Crippen LogP contribution in [-0.2, 0) is 6.54 Å². The van der Waals surface area contributed by atoms with Gasteiger partial charge in [0.05, 0.1) is 11.9 Å². The number of rotatable bonds is 6. The summed E-state index contributed by atoms with van der Waals surface area (Å²) in [5.74, 6) is 0.769. The predicted octanol–water partition coefficient (Wildman–Crippen LogP) is 3.16. The first kappa shape index (κ1) is 15.5. The molecule has 3 rings (SSSR count). The van der Waals surface area contributed by atoms with Crippen LogP contribution in [0.5, 0.6) is 0 Å². The molecule has 0 saturated carbocycles. The van der Waals surface area contributed by atoms with Crippen LogP contribution in [0.3, 0.4) is 0 Å². The van der Waals surface area contributed by atoms with Crippen LogP contribution in [0.1, 0.15) is 18.9 Å². The molecule has 1 aliphatic heterocycles. The van der Waals surface area contributed by atoms with Crippen molar-refractivity contribution in [1.82, 2.24) is 20.4 Å². The number of nitrogens with one attached hydrogen (secondary N) is 2. The van der Waals surface area contributed by atoms with E-state index < -0.39 is 0 Å². The van der Waals surface area contributed by atoms with Crippen LogP contribution < -0.4 is 5.32 Å². The van der Waals surface area contributed by atoms with E-state index in [1.54, 1.807) is 0 Å². The minimum atomic E-state index is 0.754. The third kappa shape index (κ3) is 3.69. The lowest BCUT2D eigenvalue weighted by molar-refractivity contribution is 0.339. The van der Waals surface area contributed by atoms with Gasteiger partial charge in [-0.05, 0) is 49.7 Å². The number of nitrogens with zero attached hydrogens (tertiary/aromatic N) is 2. The van der Waals surface area contributed by atoms with E-state index >= 15 is 0 Å². The zero-order chi connectivity index (χ0) is 15.4. The van der Waals surface area contributed by atoms with Crippen LogP contribution in [0.25, 0.3) is 11.3 Å². The van der Waals surface area contributed by atoms with Crippen molar-refractivity contribution in [3.8, 4) is 11.3 Å². The summed E-state index contributed by atoms with van der Waals surface area (Å²) in [5, 5.41) is 11.6. The van der Waals surface area contributed by atoms with E-state index in [4.69, 9.17) is 11.6 Å². The fraction of sp³-hybridized carbons (Fsp3) is 0.471. The summed E-state index contributed by atoms with van der Waals surface area (Å²) < 4.78 is 0. The molecule has 1 aromatic heterocycles. The first-order valence-electron chi connectivity index (χ1n) is 7.97. The van der Waals surface area contributed by atoms with Crippen molar-refractivity contribution >= 4 is 11.6 Å². The molecule has 2 heterocycles. The first-order valence-corrected chi connectivity index (χ1v) is 8.35. The quantitative estimate of drug-likeness (QED) is 0.860. The summed E-state index contributed by atoms with van der Waals surface area (Å²) in [6.07, 6.45) is 3.21. The number of benzene rings is 1. The molecule has 0 radical (unpaired) electrons. The molecule has 4 nitrogen and oxygen atoms in total. The summed E-state index contributed by atoms with van der Waals surface area (Å²) >= 11 is 5.95. The van der Waals surface area contributed by atoms with E-state index in [0.29, 0.717) is 0 Å². The highest BCUT2D eigenvalue weighted by atomic mass is 35.5. The van der Waals surface area contributed by atoms with Gasteiger partial charge in [0.15, 0.2) is 0 Å². The SMILES string of the molecule is CCN1CCC(CNCc2cn[nH]c2-c2ccc(Cl)cc2)C1. The molecule has 1 saturated heterocycles. The lowest BCUT2D eigenvalue weighted by atomic mass is 10.1. The molecule has 1 aliphatic rings. The second-order valence-electron chi connectivity index (χ2n) is 5.96. The van der Waals surface area contributed by atoms with E-state index in [2.05, 4.69) is 27.3 Å². The third-order valence-electron chi connectivity index (χ3n) is 4.42. The Morgan fingerprint density at radius 3 is 2.91 bits per heavy atom. The lowest BCUT2D eigenvalue weighted by Gasteiger charge is -2.13. The summed E-state index contributed by atoms with van der Waals surface area (Å²) in [6, 6.07) is 7.87. The van der Waals surface area contributed by atoms with Gasteiger partial charge in [0.1, 0.15) is 0 Å². The zero-order valence-electron chi connectivity index (χ0n) is 13.0. The van der Waals surface area contributed by atoms with Crippen LogP contribution in [0.15, 0.2) is 30.5 Å². The molecule has 0 amide bonds. The van der Waals surface area contributed by atoms with Crippen LogP contribution in [0, 0.1) is 5.92 Å². The first-order chi connectivity index (χ1) is 10.8. The third-order valence-corrected chi connectivity index (χ3v) is 4.67. The Morgan fingerprint density at radius 1 is 1.36 bits per heavy atom. The van der Waals surface area contributed by atoms with Gasteiger partial charge in [0, 0.05) is 23.7 Å². The molecular weight excluding hydrogens is 296 g/mol. The van der Waals surface area contributed by atoms with E-state index in [-0.39, 0.29) is 0 Å². The number of H-pyrrole nitrogens is 1. The number of halogens is 1. The van der Waals surface area contributed by atoms with Crippen LogP contribution >= 0.6 is 11.6 Å². The average molecular weight is 319 g/mol. The molecule has 5 heteroatoms. The van der Waals surface area contributed by atoms with Crippen LogP contribution in [0.4, 0.5) is 0 Å². The molecule has 2 aromatic rings.